The zero-order valence-corrected chi connectivity index (χ0v) is 22.8. The van der Waals surface area contributed by atoms with Crippen molar-refractivity contribution in [3.63, 3.8) is 0 Å². The molecule has 13 heteroatoms. The lowest BCUT2D eigenvalue weighted by Gasteiger charge is -2.39. The lowest BCUT2D eigenvalue weighted by Crippen LogP contribution is -2.61. The molecule has 1 atom stereocenters. The Bertz CT molecular complexity index is 1420. The molecular formula is C27H30F3N5O4S. The smallest absolute Gasteiger partial charge is 0.351 e. The van der Waals surface area contributed by atoms with E-state index in [2.05, 4.69) is 24.1 Å². The minimum Gasteiger partial charge on any atom is -0.351 e. The Kier molecular flexibility index (Phi) is 8.64. The molecule has 0 saturated carbocycles. The van der Waals surface area contributed by atoms with E-state index in [4.69, 9.17) is 0 Å². The molecule has 0 unspecified atom stereocenters. The third-order valence-corrected chi connectivity index (χ3v) is 8.69. The van der Waals surface area contributed by atoms with Gasteiger partial charge in [-0.25, -0.2) is 13.4 Å². The van der Waals surface area contributed by atoms with Crippen molar-refractivity contribution in [1.29, 1.82) is 0 Å². The summed E-state index contributed by atoms with van der Waals surface area (Å²) in [5.74, 6) is -0.615. The number of amides is 2. The van der Waals surface area contributed by atoms with E-state index in [9.17, 15) is 31.2 Å². The van der Waals surface area contributed by atoms with Crippen LogP contribution < -0.4 is 5.32 Å². The summed E-state index contributed by atoms with van der Waals surface area (Å²) in [4.78, 5) is 31.2. The number of nitrogens with one attached hydrogen (secondary N) is 1. The van der Waals surface area contributed by atoms with Gasteiger partial charge in [-0.2, -0.15) is 17.5 Å². The minimum atomic E-state index is -4.63. The van der Waals surface area contributed by atoms with Crippen molar-refractivity contribution >= 4 is 21.8 Å². The molecular weight excluding hydrogens is 547 g/mol. The fourth-order valence-corrected chi connectivity index (χ4v) is 5.98. The number of sulfonamides is 1. The van der Waals surface area contributed by atoms with E-state index in [1.54, 1.807) is 10.8 Å². The van der Waals surface area contributed by atoms with Gasteiger partial charge in [0, 0.05) is 38.6 Å². The molecule has 0 radical (unpaired) electrons. The van der Waals surface area contributed by atoms with Gasteiger partial charge >= 0.3 is 6.18 Å². The van der Waals surface area contributed by atoms with E-state index in [0.29, 0.717) is 18.1 Å². The van der Waals surface area contributed by atoms with Gasteiger partial charge in [0.2, 0.25) is 21.8 Å². The molecule has 4 rings (SSSR count). The molecule has 9 nitrogen and oxygen atoms in total. The van der Waals surface area contributed by atoms with E-state index in [0.717, 1.165) is 27.6 Å². The molecule has 2 aromatic carbocycles. The fourth-order valence-electron chi connectivity index (χ4n) is 4.41. The van der Waals surface area contributed by atoms with Gasteiger partial charge in [0.15, 0.2) is 0 Å². The summed E-state index contributed by atoms with van der Waals surface area (Å²) in [6, 6.07) is 9.47. The monoisotopic (exact) mass is 577 g/mol. The van der Waals surface area contributed by atoms with E-state index in [1.165, 1.54) is 17.4 Å². The Morgan fingerprint density at radius 1 is 1.05 bits per heavy atom. The summed E-state index contributed by atoms with van der Waals surface area (Å²) < 4.78 is 68.6. The fraction of sp³-hybridized carbons (Fsp3) is 0.370. The summed E-state index contributed by atoms with van der Waals surface area (Å²) in [6.07, 6.45) is -0.0267. The van der Waals surface area contributed by atoms with Gasteiger partial charge in [-0.3, -0.25) is 9.59 Å². The number of hydrogen-bond donors (Lipinski definition) is 1. The molecule has 1 N–H and O–H groups in total. The molecule has 1 aromatic heterocycles. The molecule has 0 bridgehead atoms. The predicted octanol–water partition coefficient (Wildman–Crippen LogP) is 3.24. The first kappa shape index (κ1) is 29.3. The molecule has 214 valence electrons. The van der Waals surface area contributed by atoms with Crippen molar-refractivity contribution < 1.29 is 31.2 Å². The van der Waals surface area contributed by atoms with Gasteiger partial charge in [-0.05, 0) is 41.3 Å². The first-order valence-electron chi connectivity index (χ1n) is 12.7. The minimum absolute atomic E-state index is 0.00778. The van der Waals surface area contributed by atoms with Crippen molar-refractivity contribution in [3.05, 3.63) is 83.9 Å². The average Bonchev–Trinajstić information content (AvgIpc) is 3.44. The van der Waals surface area contributed by atoms with Crippen LogP contribution in [0.2, 0.25) is 0 Å². The van der Waals surface area contributed by atoms with Crippen molar-refractivity contribution in [3.8, 4) is 0 Å². The standard InChI is InChI=1S/C27H30F3N5O4S/c1-19(2)21-5-3-20(4-6-21)15-32-26(37)24-16-34(25(36)17-33-12-11-31-18-33)13-14-35(24)40(38,39)23-9-7-22(8-10-23)27(28,29)30/h3-12,18-19,24H,13-17H2,1-2H3,(H,32,37)/t24-/m1/s1. The van der Waals surface area contributed by atoms with Crippen molar-refractivity contribution in [1.82, 2.24) is 24.1 Å². The van der Waals surface area contributed by atoms with Gasteiger partial charge in [-0.1, -0.05) is 38.1 Å². The number of aromatic nitrogens is 2. The van der Waals surface area contributed by atoms with Crippen molar-refractivity contribution in [2.45, 2.75) is 50.0 Å². The van der Waals surface area contributed by atoms with Crippen LogP contribution in [0.25, 0.3) is 0 Å². The molecule has 1 aliphatic rings. The Hall–Kier alpha value is -3.71. The second-order valence-electron chi connectivity index (χ2n) is 9.84. The highest BCUT2D eigenvalue weighted by Gasteiger charge is 2.41. The van der Waals surface area contributed by atoms with Crippen LogP contribution in [0.1, 0.15) is 36.5 Å². The van der Waals surface area contributed by atoms with E-state index in [1.807, 2.05) is 24.3 Å². The largest absolute Gasteiger partial charge is 0.416 e. The van der Waals surface area contributed by atoms with Crippen LogP contribution in [0.15, 0.2) is 72.1 Å². The molecule has 3 aromatic rings. The summed E-state index contributed by atoms with van der Waals surface area (Å²) in [7, 11) is -4.36. The van der Waals surface area contributed by atoms with Crippen LogP contribution in [0, 0.1) is 0 Å². The first-order valence-corrected chi connectivity index (χ1v) is 14.1. The number of alkyl halides is 3. The SMILES string of the molecule is CC(C)c1ccc(CNC(=O)[C@H]2CN(C(=O)Cn3ccnc3)CCN2S(=O)(=O)c2ccc(C(F)(F)F)cc2)cc1. The molecule has 40 heavy (non-hydrogen) atoms. The van der Waals surface area contributed by atoms with Gasteiger partial charge in [0.05, 0.1) is 16.8 Å². The zero-order chi connectivity index (χ0) is 29.1. The Morgan fingerprint density at radius 2 is 1.73 bits per heavy atom. The van der Waals surface area contributed by atoms with Crippen LogP contribution in [0.4, 0.5) is 13.2 Å². The number of benzene rings is 2. The maximum atomic E-state index is 13.5. The normalized spacial score (nSPS) is 16.8. The van der Waals surface area contributed by atoms with E-state index < -0.39 is 33.7 Å². The number of imidazole rings is 1. The molecule has 2 heterocycles. The molecule has 1 saturated heterocycles. The van der Waals surface area contributed by atoms with Gasteiger partial charge in [0.25, 0.3) is 0 Å². The second-order valence-corrected chi connectivity index (χ2v) is 11.7. The lowest BCUT2D eigenvalue weighted by atomic mass is 10.0. The molecule has 1 aliphatic heterocycles. The lowest BCUT2D eigenvalue weighted by molar-refractivity contribution is -0.138. The third kappa shape index (κ3) is 6.70. The Balaban J connectivity index is 1.56. The van der Waals surface area contributed by atoms with E-state index in [-0.39, 0.29) is 43.5 Å². The van der Waals surface area contributed by atoms with Crippen LogP contribution in [0.3, 0.4) is 0 Å². The second kappa shape index (κ2) is 11.8. The maximum absolute atomic E-state index is 13.5. The molecule has 0 spiro atoms. The molecule has 1 fully saturated rings. The van der Waals surface area contributed by atoms with Crippen molar-refractivity contribution in [2.75, 3.05) is 19.6 Å². The van der Waals surface area contributed by atoms with Crippen LogP contribution in [0.5, 0.6) is 0 Å². The number of carbonyl (C=O) groups excluding carboxylic acids is 2. The quantitative estimate of drug-likeness (QED) is 0.443. The van der Waals surface area contributed by atoms with Gasteiger partial charge in [-0.15, -0.1) is 0 Å². The van der Waals surface area contributed by atoms with Gasteiger partial charge < -0.3 is 14.8 Å². The van der Waals surface area contributed by atoms with Crippen molar-refractivity contribution in [2.24, 2.45) is 0 Å². The number of rotatable bonds is 8. The number of carbonyl (C=O) groups is 2. The number of halogens is 3. The number of piperazine rings is 1. The topological polar surface area (TPSA) is 105 Å². The summed E-state index contributed by atoms with van der Waals surface area (Å²) in [6.45, 7) is 3.80. The van der Waals surface area contributed by atoms with Gasteiger partial charge in [0.1, 0.15) is 12.6 Å². The third-order valence-electron chi connectivity index (χ3n) is 6.76. The van der Waals surface area contributed by atoms with Crippen LogP contribution >= 0.6 is 0 Å². The summed E-state index contributed by atoms with van der Waals surface area (Å²) in [5.41, 5.74) is 0.945. The summed E-state index contributed by atoms with van der Waals surface area (Å²) in [5, 5.41) is 2.76. The first-order chi connectivity index (χ1) is 18.9. The molecule has 0 aliphatic carbocycles. The maximum Gasteiger partial charge on any atom is 0.416 e. The zero-order valence-electron chi connectivity index (χ0n) is 22.0. The highest BCUT2D eigenvalue weighted by atomic mass is 32.2. The highest BCUT2D eigenvalue weighted by Crippen LogP contribution is 2.31. The van der Waals surface area contributed by atoms with E-state index >= 15 is 0 Å². The summed E-state index contributed by atoms with van der Waals surface area (Å²) >= 11 is 0. The highest BCUT2D eigenvalue weighted by molar-refractivity contribution is 7.89. The Morgan fingerprint density at radius 3 is 2.30 bits per heavy atom. The van der Waals surface area contributed by atoms with Crippen LogP contribution in [-0.4, -0.2) is 64.7 Å². The van der Waals surface area contributed by atoms with Crippen LogP contribution in [-0.2, 0) is 38.9 Å². The average molecular weight is 578 g/mol. The predicted molar refractivity (Wildman–Crippen MR) is 140 cm³/mol. The molecule has 2 amide bonds. The number of hydrogen-bond acceptors (Lipinski definition) is 5. The number of nitrogens with zero attached hydrogens (tertiary/aromatic N) is 4. The Labute approximate surface area is 230 Å².